The Labute approximate surface area is 172 Å². The Kier molecular flexibility index (Phi) is 3.97. The zero-order chi connectivity index (χ0) is 21.3. The Bertz CT molecular complexity index is 1190. The molecular formula is C24H20O6. The van der Waals surface area contributed by atoms with E-state index in [2.05, 4.69) is 0 Å². The molecule has 2 atom stereocenters. The van der Waals surface area contributed by atoms with Crippen LogP contribution in [0.15, 0.2) is 18.2 Å². The lowest BCUT2D eigenvalue weighted by molar-refractivity contribution is -0.137. The number of carboxylic acid groups (broad SMARTS) is 2. The minimum Gasteiger partial charge on any atom is -0.481 e. The van der Waals surface area contributed by atoms with Crippen LogP contribution in [0.3, 0.4) is 0 Å². The number of ketones is 2. The van der Waals surface area contributed by atoms with E-state index in [1.54, 1.807) is 18.2 Å². The molecule has 6 nitrogen and oxygen atoms in total. The van der Waals surface area contributed by atoms with Gasteiger partial charge in [0, 0.05) is 22.3 Å². The first kappa shape index (κ1) is 18.7. The molecule has 0 heterocycles. The summed E-state index contributed by atoms with van der Waals surface area (Å²) in [5.41, 5.74) is 4.05. The number of aryl methyl sites for hydroxylation is 1. The van der Waals surface area contributed by atoms with Crippen LogP contribution in [0.4, 0.5) is 0 Å². The average Bonchev–Trinajstić information content (AvgIpc) is 3.29. The molecule has 152 valence electrons. The van der Waals surface area contributed by atoms with Crippen LogP contribution in [-0.4, -0.2) is 33.7 Å². The molecule has 2 bridgehead atoms. The van der Waals surface area contributed by atoms with Crippen molar-refractivity contribution in [2.75, 3.05) is 0 Å². The van der Waals surface area contributed by atoms with Gasteiger partial charge in [-0.2, -0.15) is 0 Å². The molecule has 30 heavy (non-hydrogen) atoms. The quantitative estimate of drug-likeness (QED) is 0.690. The molecule has 5 rings (SSSR count). The largest absolute Gasteiger partial charge is 0.481 e. The van der Waals surface area contributed by atoms with Crippen molar-refractivity contribution in [3.8, 4) is 0 Å². The Hall–Kier alpha value is -3.28. The topological polar surface area (TPSA) is 109 Å². The fraction of sp³-hybridized carbons (Fsp3) is 0.333. The molecule has 2 N–H and O–H groups in total. The van der Waals surface area contributed by atoms with Crippen molar-refractivity contribution in [2.45, 2.75) is 50.9 Å². The van der Waals surface area contributed by atoms with Crippen LogP contribution in [-0.2, 0) is 22.4 Å². The molecule has 0 aromatic heterocycles. The minimum absolute atomic E-state index is 0.112. The molecule has 0 saturated heterocycles. The summed E-state index contributed by atoms with van der Waals surface area (Å²) in [7, 11) is 0. The number of fused-ring (bicyclic) bond motifs is 7. The van der Waals surface area contributed by atoms with Gasteiger partial charge in [0.1, 0.15) is 0 Å². The second-order valence-electron chi connectivity index (χ2n) is 8.59. The van der Waals surface area contributed by atoms with Gasteiger partial charge in [-0.1, -0.05) is 17.7 Å². The van der Waals surface area contributed by atoms with Crippen molar-refractivity contribution >= 4 is 23.5 Å². The van der Waals surface area contributed by atoms with Crippen LogP contribution in [0.2, 0.25) is 0 Å². The zero-order valence-electron chi connectivity index (χ0n) is 16.4. The summed E-state index contributed by atoms with van der Waals surface area (Å²) in [6.45, 7) is 1.82. The van der Waals surface area contributed by atoms with Gasteiger partial charge >= 0.3 is 11.9 Å². The maximum absolute atomic E-state index is 13.6. The number of carbonyl (C=O) groups is 4. The smallest absolute Gasteiger partial charge is 0.307 e. The van der Waals surface area contributed by atoms with Crippen LogP contribution in [0.25, 0.3) is 0 Å². The molecule has 0 spiro atoms. The highest BCUT2D eigenvalue weighted by molar-refractivity contribution is 6.30. The standard InChI is InChI=1S/C24H20O6/c1-10-2-5-13-14(6-10)24(30)22-16(9-18(27)28)20-12-4-3-11(7-12)19(20)15(8-17(25)26)21(22)23(13)29/h2,5-6,11-12H,3-4,7-9H2,1H3,(H,25,26)(H,27,28). The van der Waals surface area contributed by atoms with E-state index in [9.17, 15) is 29.4 Å². The maximum atomic E-state index is 13.6. The lowest BCUT2D eigenvalue weighted by Gasteiger charge is -2.30. The molecular weight excluding hydrogens is 384 g/mol. The van der Waals surface area contributed by atoms with Gasteiger partial charge in [0.15, 0.2) is 11.6 Å². The number of hydrogen-bond donors (Lipinski definition) is 2. The van der Waals surface area contributed by atoms with E-state index in [1.165, 1.54) is 0 Å². The first-order valence-corrected chi connectivity index (χ1v) is 10.1. The second kappa shape index (κ2) is 6.36. The van der Waals surface area contributed by atoms with Crippen molar-refractivity contribution < 1.29 is 29.4 Å². The molecule has 3 aliphatic rings. The van der Waals surface area contributed by atoms with E-state index in [0.29, 0.717) is 11.1 Å². The molecule has 1 fully saturated rings. The van der Waals surface area contributed by atoms with Gasteiger partial charge in [0.05, 0.1) is 12.8 Å². The van der Waals surface area contributed by atoms with Crippen LogP contribution < -0.4 is 0 Å². The van der Waals surface area contributed by atoms with Crippen molar-refractivity contribution in [1.29, 1.82) is 0 Å². The van der Waals surface area contributed by atoms with Gasteiger partial charge in [-0.15, -0.1) is 0 Å². The molecule has 2 aromatic carbocycles. The summed E-state index contributed by atoms with van der Waals surface area (Å²) in [4.78, 5) is 50.5. The summed E-state index contributed by atoms with van der Waals surface area (Å²) < 4.78 is 0. The van der Waals surface area contributed by atoms with Crippen LogP contribution in [0.5, 0.6) is 0 Å². The van der Waals surface area contributed by atoms with E-state index >= 15 is 0 Å². The molecule has 0 radical (unpaired) electrons. The van der Waals surface area contributed by atoms with E-state index in [0.717, 1.165) is 36.0 Å². The highest BCUT2D eigenvalue weighted by Gasteiger charge is 2.46. The average molecular weight is 404 g/mol. The molecule has 6 heteroatoms. The monoisotopic (exact) mass is 404 g/mol. The SMILES string of the molecule is Cc1ccc2c(c1)C(=O)c1c(CC(=O)O)c3c(c(CC(=O)O)c1C2=O)C1CCC3C1. The van der Waals surface area contributed by atoms with E-state index in [4.69, 9.17) is 0 Å². The van der Waals surface area contributed by atoms with Gasteiger partial charge in [-0.3, -0.25) is 19.2 Å². The van der Waals surface area contributed by atoms with Crippen molar-refractivity contribution in [1.82, 2.24) is 0 Å². The normalized spacial score (nSPS) is 20.7. The van der Waals surface area contributed by atoms with Gasteiger partial charge in [-0.25, -0.2) is 0 Å². The second-order valence-corrected chi connectivity index (χ2v) is 8.59. The summed E-state index contributed by atoms with van der Waals surface area (Å²) in [5.74, 6) is -2.64. The summed E-state index contributed by atoms with van der Waals surface area (Å²) in [5, 5.41) is 19.2. The summed E-state index contributed by atoms with van der Waals surface area (Å²) in [6.07, 6.45) is 1.93. The highest BCUT2D eigenvalue weighted by Crippen LogP contribution is 2.57. The van der Waals surface area contributed by atoms with Gasteiger partial charge in [-0.05, 0) is 66.3 Å². The molecule has 2 aromatic rings. The minimum atomic E-state index is -1.07. The number of aliphatic carboxylic acids is 2. The summed E-state index contributed by atoms with van der Waals surface area (Å²) in [6, 6.07) is 5.01. The molecule has 2 unspecified atom stereocenters. The van der Waals surface area contributed by atoms with E-state index < -0.39 is 11.9 Å². The molecule has 0 aliphatic heterocycles. The highest BCUT2D eigenvalue weighted by atomic mass is 16.4. The fourth-order valence-corrected chi connectivity index (χ4v) is 5.82. The Morgan fingerprint density at radius 2 is 1.37 bits per heavy atom. The van der Waals surface area contributed by atoms with Gasteiger partial charge < -0.3 is 10.2 Å². The lowest BCUT2D eigenvalue weighted by atomic mass is 9.72. The maximum Gasteiger partial charge on any atom is 0.307 e. The van der Waals surface area contributed by atoms with Crippen molar-refractivity contribution in [2.24, 2.45) is 0 Å². The van der Waals surface area contributed by atoms with Crippen LogP contribution in [0, 0.1) is 6.92 Å². The predicted octanol–water partition coefficient (Wildman–Crippen LogP) is 3.39. The predicted molar refractivity (Wildman–Crippen MR) is 106 cm³/mol. The number of carbonyl (C=O) groups excluding carboxylic acids is 2. The third-order valence-corrected chi connectivity index (χ3v) is 6.82. The van der Waals surface area contributed by atoms with Crippen LogP contribution in [0.1, 0.15) is 90.8 Å². The number of carboxylic acids is 2. The molecule has 3 aliphatic carbocycles. The van der Waals surface area contributed by atoms with Crippen molar-refractivity contribution in [3.63, 3.8) is 0 Å². The third kappa shape index (κ3) is 2.49. The Morgan fingerprint density at radius 3 is 1.87 bits per heavy atom. The first-order chi connectivity index (χ1) is 14.3. The van der Waals surface area contributed by atoms with Gasteiger partial charge in [0.25, 0.3) is 0 Å². The lowest BCUT2D eigenvalue weighted by Crippen LogP contribution is -2.29. The fourth-order valence-electron chi connectivity index (χ4n) is 5.82. The Morgan fingerprint density at radius 1 is 0.867 bits per heavy atom. The van der Waals surface area contributed by atoms with E-state index in [1.807, 2.05) is 6.92 Å². The van der Waals surface area contributed by atoms with Crippen molar-refractivity contribution in [3.05, 3.63) is 68.3 Å². The number of hydrogen-bond acceptors (Lipinski definition) is 4. The molecule has 0 amide bonds. The zero-order valence-corrected chi connectivity index (χ0v) is 16.4. The summed E-state index contributed by atoms with van der Waals surface area (Å²) >= 11 is 0. The number of rotatable bonds is 4. The third-order valence-electron chi connectivity index (χ3n) is 6.82. The van der Waals surface area contributed by atoms with E-state index in [-0.39, 0.29) is 58.5 Å². The first-order valence-electron chi connectivity index (χ1n) is 10.1. The van der Waals surface area contributed by atoms with Gasteiger partial charge in [0.2, 0.25) is 0 Å². The van der Waals surface area contributed by atoms with Crippen LogP contribution >= 0.6 is 0 Å². The Balaban J connectivity index is 1.90. The molecule has 1 saturated carbocycles. The number of benzene rings is 2.